The Kier molecular flexibility index (Phi) is 10.8. The second kappa shape index (κ2) is 13.8. The van der Waals surface area contributed by atoms with Gasteiger partial charge < -0.3 is 5.73 Å². The Hall–Kier alpha value is -4.38. The predicted molar refractivity (Wildman–Crippen MR) is 151 cm³/mol. The molecule has 1 saturated heterocycles. The fraction of sp³-hybridized carbons (Fsp3) is 0.111. The van der Waals surface area contributed by atoms with Crippen molar-refractivity contribution in [3.05, 3.63) is 95.1 Å². The third-order valence-electron chi connectivity index (χ3n) is 5.43. The number of aryl methyl sites for hydroxylation is 2. The summed E-state index contributed by atoms with van der Waals surface area (Å²) in [5, 5.41) is 9.09. The van der Waals surface area contributed by atoms with Gasteiger partial charge in [0.25, 0.3) is 0 Å². The van der Waals surface area contributed by atoms with Crippen molar-refractivity contribution < 1.29 is 23.7 Å². The minimum atomic E-state index is -0.00713. The number of anilines is 1. The van der Waals surface area contributed by atoms with Crippen LogP contribution in [0.3, 0.4) is 0 Å². The number of hydrogen-bond acceptors (Lipinski definition) is 7. The number of nitrogens with two attached hydrogens (primary N) is 1. The first-order valence-electron chi connectivity index (χ1n) is 11.1. The first kappa shape index (κ1) is 29.8. The number of amidine groups is 1. The summed E-state index contributed by atoms with van der Waals surface area (Å²) in [6.07, 6.45) is 4.90. The van der Waals surface area contributed by atoms with Crippen molar-refractivity contribution >= 4 is 52.3 Å². The number of carbonyl (C=O) groups excluding carboxylic acids is 1. The SMILES string of the molecule is Cc1cccc(C)c1N1C(=O)CS/C1=N\N=C\c1ccc(/C(N)=C/C=Nc2ccc(OF)cc2)cc1.F.F. The fourth-order valence-electron chi connectivity index (χ4n) is 3.60. The number of carbonyl (C=O) groups is 1. The third kappa shape index (κ3) is 7.10. The van der Waals surface area contributed by atoms with Crippen molar-refractivity contribution in [1.29, 1.82) is 0 Å². The summed E-state index contributed by atoms with van der Waals surface area (Å²) in [5.41, 5.74) is 11.9. The molecule has 4 rings (SSSR count). The lowest BCUT2D eigenvalue weighted by molar-refractivity contribution is -0.115. The first-order chi connectivity index (χ1) is 17.5. The summed E-state index contributed by atoms with van der Waals surface area (Å²) < 4.78 is 12.1. The highest BCUT2D eigenvalue weighted by Crippen LogP contribution is 2.32. The molecule has 11 heteroatoms. The second-order valence-electron chi connectivity index (χ2n) is 7.98. The first-order valence-corrected chi connectivity index (χ1v) is 12.1. The van der Waals surface area contributed by atoms with Gasteiger partial charge in [-0.25, -0.2) is 0 Å². The van der Waals surface area contributed by atoms with E-state index < -0.39 is 0 Å². The number of amides is 1. The van der Waals surface area contributed by atoms with Crippen LogP contribution in [0.2, 0.25) is 0 Å². The fourth-order valence-corrected chi connectivity index (χ4v) is 4.41. The molecule has 1 amide bonds. The molecule has 2 N–H and O–H groups in total. The molecule has 0 aromatic heterocycles. The topological polar surface area (TPSA) is 92.6 Å². The highest BCUT2D eigenvalue weighted by molar-refractivity contribution is 8.15. The number of aliphatic imine (C=N–C) groups is 1. The Morgan fingerprint density at radius 2 is 1.68 bits per heavy atom. The van der Waals surface area contributed by atoms with Crippen LogP contribution >= 0.6 is 11.8 Å². The lowest BCUT2D eigenvalue weighted by atomic mass is 10.1. The molecule has 1 aliphatic heterocycles. The number of rotatable bonds is 7. The van der Waals surface area contributed by atoms with Crippen molar-refractivity contribution in [3.63, 3.8) is 0 Å². The van der Waals surface area contributed by atoms with Gasteiger partial charge in [-0.2, -0.15) is 5.10 Å². The smallest absolute Gasteiger partial charge is 0.243 e. The van der Waals surface area contributed by atoms with Crippen molar-refractivity contribution in [2.75, 3.05) is 10.7 Å². The summed E-state index contributed by atoms with van der Waals surface area (Å²) in [6, 6.07) is 19.7. The molecular formula is C27H26F3N5O2S. The molecule has 3 aromatic rings. The van der Waals surface area contributed by atoms with Gasteiger partial charge in [-0.05, 0) is 66.4 Å². The molecule has 38 heavy (non-hydrogen) atoms. The van der Waals surface area contributed by atoms with E-state index in [0.29, 0.717) is 22.3 Å². The Morgan fingerprint density at radius 3 is 2.32 bits per heavy atom. The van der Waals surface area contributed by atoms with Gasteiger partial charge in [-0.3, -0.25) is 29.0 Å². The Bertz CT molecular complexity index is 1350. The van der Waals surface area contributed by atoms with Gasteiger partial charge in [-0.1, -0.05) is 54.2 Å². The lowest BCUT2D eigenvalue weighted by Gasteiger charge is -2.20. The molecule has 0 spiro atoms. The van der Waals surface area contributed by atoms with Gasteiger partial charge in [0, 0.05) is 16.4 Å². The van der Waals surface area contributed by atoms with Crippen LogP contribution in [0.5, 0.6) is 5.75 Å². The Labute approximate surface area is 222 Å². The zero-order chi connectivity index (χ0) is 25.5. The van der Waals surface area contributed by atoms with Crippen LogP contribution in [0.15, 0.2) is 88.0 Å². The average Bonchev–Trinajstić information content (AvgIpc) is 3.24. The molecule has 3 aromatic carbocycles. The highest BCUT2D eigenvalue weighted by Gasteiger charge is 2.31. The van der Waals surface area contributed by atoms with Crippen molar-refractivity contribution in [2.24, 2.45) is 20.9 Å². The molecule has 0 unspecified atom stereocenters. The minimum absolute atomic E-state index is 0. The standard InChI is InChI=1S/C27H24FN5O2S.2FH/c1-18-4-3-5-19(2)26(18)33-25(34)17-36-27(33)32-31-16-20-6-8-21(9-7-20)24(29)14-15-30-22-10-12-23(35-28)13-11-22;;/h3-16H,17,29H2,1-2H3;2*1H/b24-14-,30-15?,31-16+,32-27-;;. The quantitative estimate of drug-likeness (QED) is 0.291. The van der Waals surface area contributed by atoms with E-state index in [1.807, 2.05) is 56.3 Å². The van der Waals surface area contributed by atoms with Crippen LogP contribution in [0.25, 0.3) is 5.70 Å². The van der Waals surface area contributed by atoms with Crippen LogP contribution in [-0.2, 0) is 4.79 Å². The lowest BCUT2D eigenvalue weighted by Crippen LogP contribution is -2.30. The van der Waals surface area contributed by atoms with E-state index in [0.717, 1.165) is 27.9 Å². The summed E-state index contributed by atoms with van der Waals surface area (Å²) in [6.45, 7) is 3.96. The number of benzene rings is 3. The number of thioether (sulfide) groups is 1. The van der Waals surface area contributed by atoms with E-state index >= 15 is 0 Å². The molecule has 198 valence electrons. The zero-order valence-corrected chi connectivity index (χ0v) is 21.4. The second-order valence-corrected chi connectivity index (χ2v) is 8.92. The van der Waals surface area contributed by atoms with E-state index in [-0.39, 0.29) is 21.1 Å². The van der Waals surface area contributed by atoms with Crippen molar-refractivity contribution in [3.8, 4) is 5.75 Å². The van der Waals surface area contributed by atoms with E-state index in [9.17, 15) is 9.32 Å². The molecule has 0 atom stereocenters. The molecular weight excluding hydrogens is 515 g/mol. The van der Waals surface area contributed by atoms with Gasteiger partial charge in [0.15, 0.2) is 10.9 Å². The number of hydrogen-bond donors (Lipinski definition) is 1. The van der Waals surface area contributed by atoms with Crippen LogP contribution < -0.4 is 15.6 Å². The molecule has 0 radical (unpaired) electrons. The molecule has 1 heterocycles. The van der Waals surface area contributed by atoms with Crippen molar-refractivity contribution in [2.45, 2.75) is 13.8 Å². The van der Waals surface area contributed by atoms with Gasteiger partial charge in [0.1, 0.15) is 0 Å². The number of para-hydroxylation sites is 1. The van der Waals surface area contributed by atoms with Gasteiger partial charge in [-0.15, -0.1) is 5.10 Å². The normalized spacial score (nSPS) is 14.7. The maximum atomic E-state index is 12.5. The monoisotopic (exact) mass is 541 g/mol. The number of halogens is 3. The van der Waals surface area contributed by atoms with E-state index in [4.69, 9.17) is 5.73 Å². The third-order valence-corrected chi connectivity index (χ3v) is 6.34. The summed E-state index contributed by atoms with van der Waals surface area (Å²) >= 11 is 1.37. The van der Waals surface area contributed by atoms with Gasteiger partial charge in [0.05, 0.1) is 23.3 Å². The minimum Gasteiger partial charge on any atom is -0.398 e. The molecule has 0 aliphatic carbocycles. The average molecular weight is 542 g/mol. The predicted octanol–water partition coefficient (Wildman–Crippen LogP) is 6.04. The molecule has 0 bridgehead atoms. The summed E-state index contributed by atoms with van der Waals surface area (Å²) in [5.74, 6) is 0.448. The Morgan fingerprint density at radius 1 is 1.03 bits per heavy atom. The molecule has 1 aliphatic rings. The largest absolute Gasteiger partial charge is 0.398 e. The molecule has 1 fully saturated rings. The van der Waals surface area contributed by atoms with Gasteiger partial charge in [0.2, 0.25) is 5.91 Å². The van der Waals surface area contributed by atoms with Gasteiger partial charge >= 0.3 is 0 Å². The van der Waals surface area contributed by atoms with Crippen molar-refractivity contribution in [1.82, 2.24) is 0 Å². The summed E-state index contributed by atoms with van der Waals surface area (Å²) in [7, 11) is 0. The van der Waals surface area contributed by atoms with E-state index in [2.05, 4.69) is 20.1 Å². The molecule has 7 nitrogen and oxygen atoms in total. The molecule has 0 saturated carbocycles. The number of allylic oxidation sites excluding steroid dienone is 1. The van der Waals surface area contributed by atoms with Crippen LogP contribution in [0.1, 0.15) is 22.3 Å². The zero-order valence-electron chi connectivity index (χ0n) is 20.6. The highest BCUT2D eigenvalue weighted by atomic mass is 32.2. The maximum absolute atomic E-state index is 12.5. The van der Waals surface area contributed by atoms with Crippen LogP contribution in [0.4, 0.5) is 25.3 Å². The van der Waals surface area contributed by atoms with Crippen LogP contribution in [-0.4, -0.2) is 29.3 Å². The van der Waals surface area contributed by atoms with E-state index in [1.54, 1.807) is 35.5 Å². The number of nitrogens with zero attached hydrogens (tertiary/aromatic N) is 4. The van der Waals surface area contributed by atoms with E-state index in [1.165, 1.54) is 23.9 Å². The Balaban J connectivity index is 0.00000253. The van der Waals surface area contributed by atoms with Crippen LogP contribution in [0, 0.1) is 13.8 Å². The maximum Gasteiger partial charge on any atom is 0.243 e. The summed E-state index contributed by atoms with van der Waals surface area (Å²) in [4.78, 5) is 22.1.